The zero-order valence-corrected chi connectivity index (χ0v) is 7.40. The Morgan fingerprint density at radius 1 is 1.38 bits per heavy atom. The molecule has 1 aromatic carbocycles. The van der Waals surface area contributed by atoms with E-state index < -0.39 is 0 Å². The third kappa shape index (κ3) is 1.67. The van der Waals surface area contributed by atoms with E-state index in [9.17, 15) is 9.18 Å². The molecule has 0 fully saturated rings. The Morgan fingerprint density at radius 3 is 2.85 bits per heavy atom. The second-order valence-electron chi connectivity index (χ2n) is 2.57. The van der Waals surface area contributed by atoms with Gasteiger partial charge in [0.15, 0.2) is 0 Å². The van der Waals surface area contributed by atoms with E-state index in [1.54, 1.807) is 17.5 Å². The van der Waals surface area contributed by atoms with Gasteiger partial charge in [-0.05, 0) is 12.1 Å². The summed E-state index contributed by atoms with van der Waals surface area (Å²) in [5, 5.41) is 1.68. The van der Waals surface area contributed by atoms with Crippen molar-refractivity contribution in [2.75, 3.05) is 0 Å². The van der Waals surface area contributed by atoms with E-state index in [0.29, 0.717) is 11.3 Å². The molecule has 0 unspecified atom stereocenters. The van der Waals surface area contributed by atoms with Crippen molar-refractivity contribution in [2.45, 2.75) is 0 Å². The van der Waals surface area contributed by atoms with E-state index in [2.05, 4.69) is 4.98 Å². The molecule has 0 saturated heterocycles. The molecule has 0 aliphatic carbocycles. The Kier molecular flexibility index (Phi) is 1.98. The third-order valence-corrected chi connectivity index (χ3v) is 2.33. The summed E-state index contributed by atoms with van der Waals surface area (Å²) in [5.41, 5.74) is 1.35. The number of aromatic nitrogens is 1. The summed E-state index contributed by atoms with van der Waals surface area (Å²) in [4.78, 5) is 13.3. The maximum Gasteiger partial charge on any atom is 0.304 e. The van der Waals surface area contributed by atoms with Crippen LogP contribution in [0.15, 0.2) is 34.4 Å². The van der Waals surface area contributed by atoms with Gasteiger partial charge in [-0.1, -0.05) is 23.5 Å². The minimum atomic E-state index is -0.301. The first-order valence-electron chi connectivity index (χ1n) is 3.69. The Hall–Kier alpha value is -1.42. The molecule has 2 rings (SSSR count). The predicted molar refractivity (Wildman–Crippen MR) is 50.3 cm³/mol. The second-order valence-corrected chi connectivity index (χ2v) is 3.41. The lowest BCUT2D eigenvalue weighted by molar-refractivity contribution is 0.628. The monoisotopic (exact) mass is 195 g/mol. The highest BCUT2D eigenvalue weighted by Gasteiger charge is 2.00. The van der Waals surface area contributed by atoms with E-state index in [1.807, 2.05) is 0 Å². The molecule has 0 saturated carbocycles. The van der Waals surface area contributed by atoms with Crippen LogP contribution >= 0.6 is 11.3 Å². The maximum absolute atomic E-state index is 12.8. The molecule has 1 aromatic heterocycles. The van der Waals surface area contributed by atoms with Crippen LogP contribution in [0.5, 0.6) is 0 Å². The molecule has 0 atom stereocenters. The number of thiazole rings is 1. The van der Waals surface area contributed by atoms with Gasteiger partial charge in [-0.25, -0.2) is 4.39 Å². The van der Waals surface area contributed by atoms with Crippen LogP contribution in [0.2, 0.25) is 0 Å². The molecule has 1 heterocycles. The van der Waals surface area contributed by atoms with Gasteiger partial charge >= 0.3 is 4.87 Å². The molecule has 13 heavy (non-hydrogen) atoms. The first-order chi connectivity index (χ1) is 6.25. The third-order valence-electron chi connectivity index (χ3n) is 1.66. The SMILES string of the molecule is O=c1[nH]c(-c2cccc(F)c2)cs1. The Morgan fingerprint density at radius 2 is 2.23 bits per heavy atom. The van der Waals surface area contributed by atoms with Crippen molar-refractivity contribution in [2.24, 2.45) is 0 Å². The summed E-state index contributed by atoms with van der Waals surface area (Å²) >= 11 is 1.07. The normalized spacial score (nSPS) is 10.2. The zero-order valence-electron chi connectivity index (χ0n) is 6.58. The highest BCUT2D eigenvalue weighted by molar-refractivity contribution is 7.07. The van der Waals surface area contributed by atoms with Crippen LogP contribution in [0.25, 0.3) is 11.3 Å². The first kappa shape index (κ1) is 8.19. The Bertz CT molecular complexity index is 474. The van der Waals surface area contributed by atoms with Crippen molar-refractivity contribution >= 4 is 11.3 Å². The van der Waals surface area contributed by atoms with Crippen LogP contribution in [0.1, 0.15) is 0 Å². The highest BCUT2D eigenvalue weighted by atomic mass is 32.1. The summed E-state index contributed by atoms with van der Waals surface area (Å²) in [6, 6.07) is 6.12. The lowest BCUT2D eigenvalue weighted by Crippen LogP contribution is -1.92. The number of benzene rings is 1. The predicted octanol–water partition coefficient (Wildman–Crippen LogP) is 2.24. The molecule has 2 nitrogen and oxygen atoms in total. The van der Waals surface area contributed by atoms with E-state index >= 15 is 0 Å². The molecular weight excluding hydrogens is 189 g/mol. The summed E-state index contributed by atoms with van der Waals surface area (Å²) in [5.74, 6) is -0.301. The molecule has 0 aliphatic rings. The van der Waals surface area contributed by atoms with Crippen molar-refractivity contribution in [3.8, 4) is 11.3 Å². The van der Waals surface area contributed by atoms with E-state index in [1.165, 1.54) is 12.1 Å². The van der Waals surface area contributed by atoms with Gasteiger partial charge in [0.05, 0.1) is 5.69 Å². The van der Waals surface area contributed by atoms with Crippen molar-refractivity contribution in [1.29, 1.82) is 0 Å². The Balaban J connectivity index is 2.52. The van der Waals surface area contributed by atoms with Gasteiger partial charge in [0.25, 0.3) is 0 Å². The number of H-pyrrole nitrogens is 1. The number of halogens is 1. The fourth-order valence-corrected chi connectivity index (χ4v) is 1.67. The topological polar surface area (TPSA) is 32.9 Å². The number of aromatic amines is 1. The van der Waals surface area contributed by atoms with Crippen molar-refractivity contribution < 1.29 is 4.39 Å². The molecular formula is C9H6FNOS. The summed E-state index contributed by atoms with van der Waals surface area (Å²) < 4.78 is 12.8. The highest BCUT2D eigenvalue weighted by Crippen LogP contribution is 2.17. The van der Waals surface area contributed by atoms with Gasteiger partial charge in [0.1, 0.15) is 5.82 Å². The fourth-order valence-electron chi connectivity index (χ4n) is 1.08. The average Bonchev–Trinajstić information content (AvgIpc) is 2.52. The number of hydrogen-bond acceptors (Lipinski definition) is 2. The molecule has 0 bridgehead atoms. The quantitative estimate of drug-likeness (QED) is 0.743. The van der Waals surface area contributed by atoms with Crippen LogP contribution < -0.4 is 4.87 Å². The second kappa shape index (κ2) is 3.14. The summed E-state index contributed by atoms with van der Waals surface area (Å²) in [7, 11) is 0. The molecule has 66 valence electrons. The van der Waals surface area contributed by atoms with Gasteiger partial charge < -0.3 is 4.98 Å². The van der Waals surface area contributed by atoms with Gasteiger partial charge in [-0.3, -0.25) is 4.79 Å². The molecule has 0 aliphatic heterocycles. The van der Waals surface area contributed by atoms with Crippen LogP contribution in [0, 0.1) is 5.82 Å². The van der Waals surface area contributed by atoms with Crippen molar-refractivity contribution in [3.63, 3.8) is 0 Å². The molecule has 0 spiro atoms. The lowest BCUT2D eigenvalue weighted by Gasteiger charge is -1.95. The average molecular weight is 195 g/mol. The molecule has 4 heteroatoms. The summed E-state index contributed by atoms with van der Waals surface area (Å²) in [6.45, 7) is 0. The lowest BCUT2D eigenvalue weighted by atomic mass is 10.2. The van der Waals surface area contributed by atoms with Gasteiger partial charge in [0.2, 0.25) is 0 Å². The van der Waals surface area contributed by atoms with E-state index in [0.717, 1.165) is 11.3 Å². The van der Waals surface area contributed by atoms with Crippen LogP contribution in [-0.4, -0.2) is 4.98 Å². The first-order valence-corrected chi connectivity index (χ1v) is 4.57. The molecule has 0 amide bonds. The maximum atomic E-state index is 12.8. The number of rotatable bonds is 1. The molecule has 0 radical (unpaired) electrons. The van der Waals surface area contributed by atoms with Crippen molar-refractivity contribution in [1.82, 2.24) is 4.98 Å². The van der Waals surface area contributed by atoms with E-state index in [-0.39, 0.29) is 10.7 Å². The zero-order chi connectivity index (χ0) is 9.26. The van der Waals surface area contributed by atoms with E-state index in [4.69, 9.17) is 0 Å². The van der Waals surface area contributed by atoms with Gasteiger partial charge in [-0.2, -0.15) is 0 Å². The van der Waals surface area contributed by atoms with Gasteiger partial charge in [0, 0.05) is 10.9 Å². The minimum absolute atomic E-state index is 0.126. The number of hydrogen-bond donors (Lipinski definition) is 1. The minimum Gasteiger partial charge on any atom is -0.312 e. The smallest absolute Gasteiger partial charge is 0.304 e. The summed E-state index contributed by atoms with van der Waals surface area (Å²) in [6.07, 6.45) is 0. The molecule has 2 aromatic rings. The van der Waals surface area contributed by atoms with Crippen LogP contribution in [0.3, 0.4) is 0 Å². The van der Waals surface area contributed by atoms with Crippen LogP contribution in [-0.2, 0) is 0 Å². The number of nitrogens with one attached hydrogen (secondary N) is 1. The van der Waals surface area contributed by atoms with Crippen molar-refractivity contribution in [3.05, 3.63) is 45.1 Å². The largest absolute Gasteiger partial charge is 0.312 e. The van der Waals surface area contributed by atoms with Gasteiger partial charge in [-0.15, -0.1) is 0 Å². The standard InChI is InChI=1S/C9H6FNOS/c10-7-3-1-2-6(4-7)8-5-13-9(12)11-8/h1-5H,(H,11,12). The Labute approximate surface area is 77.7 Å². The molecule has 1 N–H and O–H groups in total. The fraction of sp³-hybridized carbons (Fsp3) is 0. The van der Waals surface area contributed by atoms with Crippen LogP contribution in [0.4, 0.5) is 4.39 Å².